The van der Waals surface area contributed by atoms with Crippen molar-refractivity contribution < 1.29 is 9.53 Å². The highest BCUT2D eigenvalue weighted by molar-refractivity contribution is 6.00. The maximum Gasteiger partial charge on any atom is 0.236 e. The molecule has 5 rings (SSSR count). The van der Waals surface area contributed by atoms with E-state index in [0.717, 1.165) is 75.2 Å². The van der Waals surface area contributed by atoms with Crippen LogP contribution in [0.25, 0.3) is 16.5 Å². The minimum absolute atomic E-state index is 0.0280. The molecule has 1 aliphatic carbocycles. The maximum atomic E-state index is 13.1. The number of rotatable bonds is 10. The average Bonchev–Trinajstić information content (AvgIpc) is 3.77. The van der Waals surface area contributed by atoms with Gasteiger partial charge in [-0.3, -0.25) is 14.8 Å². The van der Waals surface area contributed by atoms with Crippen molar-refractivity contribution in [3.05, 3.63) is 108 Å². The Morgan fingerprint density at radius 3 is 2.38 bits per heavy atom. The van der Waals surface area contributed by atoms with E-state index >= 15 is 0 Å². The number of fused-ring (bicyclic) bond motifs is 1. The molecule has 0 spiro atoms. The number of amides is 1. The zero-order chi connectivity index (χ0) is 27.6. The van der Waals surface area contributed by atoms with Gasteiger partial charge in [-0.15, -0.1) is 0 Å². The number of methoxy groups -OCH3 is 1. The molecule has 198 valence electrons. The second kappa shape index (κ2) is 10.7. The smallest absolute Gasteiger partial charge is 0.236 e. The Balaban J connectivity index is 1.29. The van der Waals surface area contributed by atoms with Gasteiger partial charge in [0.1, 0.15) is 5.75 Å². The largest absolute Gasteiger partial charge is 0.496 e. The lowest BCUT2D eigenvalue weighted by molar-refractivity contribution is -0.119. The molecule has 1 fully saturated rings. The van der Waals surface area contributed by atoms with Crippen LogP contribution in [0.3, 0.4) is 0 Å². The second-order valence-electron chi connectivity index (χ2n) is 10.2. The van der Waals surface area contributed by atoms with Crippen LogP contribution in [-0.2, 0) is 11.2 Å². The van der Waals surface area contributed by atoms with Crippen LogP contribution in [0.15, 0.2) is 85.8 Å². The highest BCUT2D eigenvalue weighted by atomic mass is 16.5. The molecule has 0 atom stereocenters. The van der Waals surface area contributed by atoms with Crippen LogP contribution in [0.5, 0.6) is 5.75 Å². The predicted molar refractivity (Wildman–Crippen MR) is 159 cm³/mol. The van der Waals surface area contributed by atoms with Crippen molar-refractivity contribution in [2.75, 3.05) is 17.7 Å². The summed E-state index contributed by atoms with van der Waals surface area (Å²) < 4.78 is 5.60. The monoisotopic (exact) mass is 518 g/mol. The third-order valence-corrected chi connectivity index (χ3v) is 7.52. The summed E-state index contributed by atoms with van der Waals surface area (Å²) in [6.45, 7) is 12.5. The number of nitrogens with zero attached hydrogens (tertiary/aromatic N) is 2. The van der Waals surface area contributed by atoms with Crippen LogP contribution in [-0.4, -0.2) is 23.0 Å². The molecule has 0 radical (unpaired) electrons. The van der Waals surface area contributed by atoms with Gasteiger partial charge in [0.2, 0.25) is 5.91 Å². The van der Waals surface area contributed by atoms with Gasteiger partial charge in [0.05, 0.1) is 29.9 Å². The van der Waals surface area contributed by atoms with Crippen molar-refractivity contribution in [3.63, 3.8) is 0 Å². The summed E-state index contributed by atoms with van der Waals surface area (Å²) in [7, 11) is 1.67. The normalized spacial score (nSPS) is 13.5. The molecular weight excluding hydrogens is 484 g/mol. The molecule has 6 nitrogen and oxygen atoms in total. The Morgan fingerprint density at radius 2 is 1.74 bits per heavy atom. The summed E-state index contributed by atoms with van der Waals surface area (Å²) >= 11 is 0. The van der Waals surface area contributed by atoms with Gasteiger partial charge in [0.15, 0.2) is 0 Å². The molecule has 6 heteroatoms. The number of allylic oxidation sites excluding steroid dienone is 1. The fraction of sp³-hybridized carbons (Fsp3) is 0.242. The van der Waals surface area contributed by atoms with Gasteiger partial charge < -0.3 is 15.4 Å². The van der Waals surface area contributed by atoms with E-state index in [1.54, 1.807) is 13.3 Å². The molecule has 0 unspecified atom stereocenters. The van der Waals surface area contributed by atoms with E-state index in [2.05, 4.69) is 41.8 Å². The fourth-order valence-corrected chi connectivity index (χ4v) is 4.79. The summed E-state index contributed by atoms with van der Waals surface area (Å²) in [6.07, 6.45) is 6.66. The minimum Gasteiger partial charge on any atom is -0.496 e. The molecule has 2 N–H and O–H groups in total. The number of hydrogen-bond donors (Lipinski definition) is 2. The maximum absolute atomic E-state index is 13.1. The highest BCUT2D eigenvalue weighted by Gasteiger charge is 2.52. The number of pyridine rings is 2. The SMILES string of the molecule is C=C(CC)c1cc2c(Cc3ccc(NC(=C)C4(C(=O)Nc5ccc(C)cc5)CC4)cn3)ccnc2cc1OC. The third kappa shape index (κ3) is 5.41. The number of carbonyl (C=O) groups excluding carboxylic acids is 1. The summed E-state index contributed by atoms with van der Waals surface area (Å²) in [4.78, 5) is 22.3. The van der Waals surface area contributed by atoms with Gasteiger partial charge in [0, 0.05) is 46.7 Å². The summed E-state index contributed by atoms with van der Waals surface area (Å²) in [5.74, 6) is 0.758. The van der Waals surface area contributed by atoms with Gasteiger partial charge in [0.25, 0.3) is 0 Å². The third-order valence-electron chi connectivity index (χ3n) is 7.52. The van der Waals surface area contributed by atoms with E-state index < -0.39 is 5.41 Å². The van der Waals surface area contributed by atoms with Gasteiger partial charge in [-0.1, -0.05) is 37.8 Å². The Hall–Kier alpha value is -4.45. The molecule has 1 aliphatic rings. The summed E-state index contributed by atoms with van der Waals surface area (Å²) in [5.41, 5.74) is 7.84. The van der Waals surface area contributed by atoms with E-state index in [1.807, 2.05) is 61.7 Å². The number of aryl methyl sites for hydroxylation is 1. The van der Waals surface area contributed by atoms with Gasteiger partial charge in [-0.25, -0.2) is 0 Å². The number of anilines is 2. The predicted octanol–water partition coefficient (Wildman–Crippen LogP) is 7.31. The van der Waals surface area contributed by atoms with Crippen molar-refractivity contribution in [1.29, 1.82) is 0 Å². The molecule has 0 saturated heterocycles. The Labute approximate surface area is 229 Å². The van der Waals surface area contributed by atoms with Crippen molar-refractivity contribution in [3.8, 4) is 5.75 Å². The average molecular weight is 519 g/mol. The van der Waals surface area contributed by atoms with Gasteiger partial charge in [-0.05, 0) is 73.7 Å². The lowest BCUT2D eigenvalue weighted by Gasteiger charge is -2.20. The number of hydrogen-bond acceptors (Lipinski definition) is 5. The van der Waals surface area contributed by atoms with E-state index in [4.69, 9.17) is 9.72 Å². The topological polar surface area (TPSA) is 76.1 Å². The van der Waals surface area contributed by atoms with Crippen LogP contribution in [0.4, 0.5) is 11.4 Å². The molecule has 0 bridgehead atoms. The molecule has 4 aromatic rings. The molecule has 2 aromatic carbocycles. The number of aromatic nitrogens is 2. The Bertz CT molecular complexity index is 1550. The van der Waals surface area contributed by atoms with Crippen LogP contribution in [0.2, 0.25) is 0 Å². The van der Waals surface area contributed by atoms with Crippen molar-refractivity contribution in [1.82, 2.24) is 9.97 Å². The van der Waals surface area contributed by atoms with Crippen LogP contribution >= 0.6 is 0 Å². The van der Waals surface area contributed by atoms with Crippen LogP contribution < -0.4 is 15.4 Å². The first-order chi connectivity index (χ1) is 18.8. The van der Waals surface area contributed by atoms with Crippen molar-refractivity contribution in [2.24, 2.45) is 5.41 Å². The number of ether oxygens (including phenoxy) is 1. The second-order valence-corrected chi connectivity index (χ2v) is 10.2. The standard InChI is InChI=1S/C33H34N4O2/c1-6-22(3)28-18-29-24(13-16-34-30(29)19-31(28)39-5)17-26-11-12-27(20-35-26)36-23(4)33(14-15-33)32(38)37-25-9-7-21(2)8-10-25/h7-13,16,18-20,36H,3-4,6,14-15,17H2,1-2,5H3,(H,37,38). The number of benzene rings is 2. The van der Waals surface area contributed by atoms with Crippen LogP contribution in [0.1, 0.15) is 48.6 Å². The zero-order valence-electron chi connectivity index (χ0n) is 22.8. The molecule has 39 heavy (non-hydrogen) atoms. The zero-order valence-corrected chi connectivity index (χ0v) is 22.8. The number of carbonyl (C=O) groups is 1. The van der Waals surface area contributed by atoms with Gasteiger partial charge in [-0.2, -0.15) is 0 Å². The Kier molecular flexibility index (Phi) is 7.20. The highest BCUT2D eigenvalue weighted by Crippen LogP contribution is 2.52. The van der Waals surface area contributed by atoms with Crippen molar-refractivity contribution >= 4 is 33.8 Å². The molecular formula is C33H34N4O2. The van der Waals surface area contributed by atoms with E-state index in [-0.39, 0.29) is 5.91 Å². The van der Waals surface area contributed by atoms with Gasteiger partial charge >= 0.3 is 0 Å². The molecule has 2 aromatic heterocycles. The van der Waals surface area contributed by atoms with E-state index in [9.17, 15) is 4.79 Å². The summed E-state index contributed by atoms with van der Waals surface area (Å²) in [5, 5.41) is 7.43. The molecule has 2 heterocycles. The molecule has 0 aliphatic heterocycles. The van der Waals surface area contributed by atoms with Crippen molar-refractivity contribution in [2.45, 2.75) is 39.5 Å². The van der Waals surface area contributed by atoms with E-state index in [1.165, 1.54) is 0 Å². The lowest BCUT2D eigenvalue weighted by Crippen LogP contribution is -2.28. The first-order valence-electron chi connectivity index (χ1n) is 13.3. The minimum atomic E-state index is -0.596. The lowest BCUT2D eigenvalue weighted by atomic mass is 9.97. The Morgan fingerprint density at radius 1 is 1.00 bits per heavy atom. The first-order valence-corrected chi connectivity index (χ1v) is 13.3. The molecule has 1 saturated carbocycles. The molecule has 1 amide bonds. The fourth-order valence-electron chi connectivity index (χ4n) is 4.79. The van der Waals surface area contributed by atoms with E-state index in [0.29, 0.717) is 12.1 Å². The quantitative estimate of drug-likeness (QED) is 0.230. The number of nitrogens with one attached hydrogen (secondary N) is 2. The first kappa shape index (κ1) is 26.2. The van der Waals surface area contributed by atoms with Crippen LogP contribution in [0, 0.1) is 12.3 Å². The summed E-state index contributed by atoms with van der Waals surface area (Å²) in [6, 6.07) is 17.9.